The highest BCUT2D eigenvalue weighted by atomic mass is 16.4. The number of fused-ring (bicyclic) bond motifs is 1. The molecule has 2 N–H and O–H groups in total. The molecular weight excluding hydrogens is 346 g/mol. The van der Waals surface area contributed by atoms with Crippen molar-refractivity contribution in [2.24, 2.45) is 5.92 Å². The number of rotatable bonds is 5. The number of likely N-dealkylation sites (tertiary alicyclic amines) is 1. The first-order valence-electron chi connectivity index (χ1n) is 9.08. The number of carbonyl (C=O) groups excluding carboxylic acids is 2. The largest absolute Gasteiger partial charge is 0.480 e. The van der Waals surface area contributed by atoms with Gasteiger partial charge in [0.25, 0.3) is 5.91 Å². The molecule has 7 nitrogen and oxygen atoms in total. The van der Waals surface area contributed by atoms with Gasteiger partial charge >= 0.3 is 5.97 Å². The van der Waals surface area contributed by atoms with E-state index in [1.54, 1.807) is 12.3 Å². The van der Waals surface area contributed by atoms with Gasteiger partial charge in [0.2, 0.25) is 5.91 Å². The molecule has 7 heteroatoms. The zero-order valence-corrected chi connectivity index (χ0v) is 15.4. The molecule has 2 aromatic rings. The first-order chi connectivity index (χ1) is 12.9. The molecule has 1 aromatic carbocycles. The summed E-state index contributed by atoms with van der Waals surface area (Å²) in [6, 6.07) is 7.31. The Morgan fingerprint density at radius 2 is 1.96 bits per heavy atom. The number of amides is 2. The SMILES string of the molecule is CC(C)[C@H](NC(=O)c1ccnc2ccccc12)C(=O)N1CCC[C@H]1C(=O)O. The van der Waals surface area contributed by atoms with E-state index in [0.717, 1.165) is 0 Å². The van der Waals surface area contributed by atoms with Crippen molar-refractivity contribution < 1.29 is 19.5 Å². The van der Waals surface area contributed by atoms with Crippen LogP contribution in [0.1, 0.15) is 37.0 Å². The van der Waals surface area contributed by atoms with Gasteiger partial charge in [-0.05, 0) is 30.9 Å². The topological polar surface area (TPSA) is 99.6 Å². The van der Waals surface area contributed by atoms with Crippen LogP contribution in [0, 0.1) is 5.92 Å². The second-order valence-corrected chi connectivity index (χ2v) is 7.10. The van der Waals surface area contributed by atoms with Crippen molar-refractivity contribution in [1.29, 1.82) is 0 Å². The lowest BCUT2D eigenvalue weighted by molar-refractivity contribution is -0.149. The number of para-hydroxylation sites is 1. The average Bonchev–Trinajstić information content (AvgIpc) is 3.15. The number of nitrogens with zero attached hydrogens (tertiary/aromatic N) is 2. The van der Waals surface area contributed by atoms with Crippen molar-refractivity contribution in [3.8, 4) is 0 Å². The smallest absolute Gasteiger partial charge is 0.326 e. The molecule has 0 spiro atoms. The Kier molecular flexibility index (Phi) is 5.39. The lowest BCUT2D eigenvalue weighted by Crippen LogP contribution is -2.53. The number of pyridine rings is 1. The molecule has 3 rings (SSSR count). The summed E-state index contributed by atoms with van der Waals surface area (Å²) in [6.07, 6.45) is 2.65. The third kappa shape index (κ3) is 3.77. The molecule has 27 heavy (non-hydrogen) atoms. The summed E-state index contributed by atoms with van der Waals surface area (Å²) in [5, 5.41) is 12.9. The molecule has 142 valence electrons. The van der Waals surface area contributed by atoms with E-state index < -0.39 is 18.1 Å². The molecular formula is C20H23N3O4. The van der Waals surface area contributed by atoms with E-state index in [1.807, 2.05) is 38.1 Å². The summed E-state index contributed by atoms with van der Waals surface area (Å²) in [5.41, 5.74) is 1.14. The Hall–Kier alpha value is -2.96. The normalized spacial score (nSPS) is 17.9. The van der Waals surface area contributed by atoms with Crippen molar-refractivity contribution in [3.05, 3.63) is 42.1 Å². The molecule has 1 aromatic heterocycles. The number of aromatic nitrogens is 1. The van der Waals surface area contributed by atoms with Gasteiger partial charge in [0, 0.05) is 18.1 Å². The van der Waals surface area contributed by atoms with Gasteiger partial charge in [-0.2, -0.15) is 0 Å². The van der Waals surface area contributed by atoms with E-state index in [2.05, 4.69) is 10.3 Å². The minimum absolute atomic E-state index is 0.176. The van der Waals surface area contributed by atoms with Crippen LogP contribution in [0.5, 0.6) is 0 Å². The Morgan fingerprint density at radius 3 is 2.67 bits per heavy atom. The van der Waals surface area contributed by atoms with Crippen molar-refractivity contribution in [3.63, 3.8) is 0 Å². The quantitative estimate of drug-likeness (QED) is 0.840. The first kappa shape index (κ1) is 18.8. The molecule has 1 aliphatic rings. The third-order valence-electron chi connectivity index (χ3n) is 4.93. The fourth-order valence-electron chi connectivity index (χ4n) is 3.49. The van der Waals surface area contributed by atoms with Crippen LogP contribution in [0.3, 0.4) is 0 Å². The van der Waals surface area contributed by atoms with E-state index in [1.165, 1.54) is 4.90 Å². The molecule has 2 atom stereocenters. The maximum Gasteiger partial charge on any atom is 0.326 e. The van der Waals surface area contributed by atoms with Crippen molar-refractivity contribution >= 4 is 28.7 Å². The summed E-state index contributed by atoms with van der Waals surface area (Å²) in [5.74, 6) is -1.90. The summed E-state index contributed by atoms with van der Waals surface area (Å²) < 4.78 is 0. The number of benzene rings is 1. The second kappa shape index (κ2) is 7.73. The molecule has 0 bridgehead atoms. The summed E-state index contributed by atoms with van der Waals surface area (Å²) in [6.45, 7) is 4.06. The maximum absolute atomic E-state index is 13.0. The number of carboxylic acids is 1. The Bertz CT molecular complexity index is 875. The van der Waals surface area contributed by atoms with Crippen LogP contribution < -0.4 is 5.32 Å². The monoisotopic (exact) mass is 369 g/mol. The van der Waals surface area contributed by atoms with Gasteiger partial charge in [0.15, 0.2) is 0 Å². The fourth-order valence-corrected chi connectivity index (χ4v) is 3.49. The minimum Gasteiger partial charge on any atom is -0.480 e. The van der Waals surface area contributed by atoms with Crippen molar-refractivity contribution in [2.45, 2.75) is 38.8 Å². The number of nitrogens with one attached hydrogen (secondary N) is 1. The predicted molar refractivity (Wildman–Crippen MR) is 100 cm³/mol. The van der Waals surface area contributed by atoms with Crippen LogP contribution in [0.25, 0.3) is 10.9 Å². The maximum atomic E-state index is 13.0. The van der Waals surface area contributed by atoms with Gasteiger partial charge in [-0.3, -0.25) is 14.6 Å². The molecule has 0 saturated carbocycles. The van der Waals surface area contributed by atoms with Crippen LogP contribution >= 0.6 is 0 Å². The number of carboxylic acid groups (broad SMARTS) is 1. The van der Waals surface area contributed by atoms with Crippen molar-refractivity contribution in [2.75, 3.05) is 6.54 Å². The number of carbonyl (C=O) groups is 3. The highest BCUT2D eigenvalue weighted by molar-refractivity contribution is 6.07. The molecule has 1 fully saturated rings. The number of aliphatic carboxylic acids is 1. The van der Waals surface area contributed by atoms with E-state index >= 15 is 0 Å². The second-order valence-electron chi connectivity index (χ2n) is 7.10. The molecule has 0 unspecified atom stereocenters. The zero-order valence-electron chi connectivity index (χ0n) is 15.4. The van der Waals surface area contributed by atoms with Gasteiger partial charge in [-0.25, -0.2) is 4.79 Å². The highest BCUT2D eigenvalue weighted by Gasteiger charge is 2.38. The molecule has 2 heterocycles. The average molecular weight is 369 g/mol. The van der Waals surface area contributed by atoms with E-state index in [0.29, 0.717) is 35.9 Å². The van der Waals surface area contributed by atoms with Crippen molar-refractivity contribution in [1.82, 2.24) is 15.2 Å². The first-order valence-corrected chi connectivity index (χ1v) is 9.08. The fraction of sp³-hybridized carbons (Fsp3) is 0.400. The molecule has 2 amide bonds. The van der Waals surface area contributed by atoms with Gasteiger partial charge < -0.3 is 15.3 Å². The highest BCUT2D eigenvalue weighted by Crippen LogP contribution is 2.21. The Labute approximate surface area is 157 Å². The minimum atomic E-state index is -1.00. The van der Waals surface area contributed by atoms with Gasteiger partial charge in [0.05, 0.1) is 11.1 Å². The standard InChI is InChI=1S/C20H23N3O4/c1-12(2)17(19(25)23-11-5-8-16(23)20(26)27)22-18(24)14-9-10-21-15-7-4-3-6-13(14)15/h3-4,6-7,9-10,12,16-17H,5,8,11H2,1-2H3,(H,22,24)(H,26,27)/t16-,17-/m0/s1. The van der Waals surface area contributed by atoms with Crippen LogP contribution in [-0.4, -0.2) is 51.4 Å². The Morgan fingerprint density at radius 1 is 1.22 bits per heavy atom. The number of hydrogen-bond donors (Lipinski definition) is 2. The summed E-state index contributed by atoms with van der Waals surface area (Å²) in [4.78, 5) is 42.9. The summed E-state index contributed by atoms with van der Waals surface area (Å²) >= 11 is 0. The number of hydrogen-bond acceptors (Lipinski definition) is 4. The van der Waals surface area contributed by atoms with E-state index in [4.69, 9.17) is 0 Å². The van der Waals surface area contributed by atoms with E-state index in [-0.39, 0.29) is 17.7 Å². The van der Waals surface area contributed by atoms with E-state index in [9.17, 15) is 19.5 Å². The van der Waals surface area contributed by atoms with Gasteiger partial charge in [-0.1, -0.05) is 32.0 Å². The van der Waals surface area contributed by atoms with Crippen LogP contribution in [0.15, 0.2) is 36.5 Å². The molecule has 1 aliphatic heterocycles. The van der Waals surface area contributed by atoms with Gasteiger partial charge in [0.1, 0.15) is 12.1 Å². The molecule has 0 radical (unpaired) electrons. The zero-order chi connectivity index (χ0) is 19.6. The molecule has 1 saturated heterocycles. The van der Waals surface area contributed by atoms with Crippen LogP contribution in [0.4, 0.5) is 0 Å². The van der Waals surface area contributed by atoms with Crippen LogP contribution in [-0.2, 0) is 9.59 Å². The summed E-state index contributed by atoms with van der Waals surface area (Å²) in [7, 11) is 0. The predicted octanol–water partition coefficient (Wildman–Crippen LogP) is 2.06. The third-order valence-corrected chi connectivity index (χ3v) is 4.93. The van der Waals surface area contributed by atoms with Crippen LogP contribution in [0.2, 0.25) is 0 Å². The van der Waals surface area contributed by atoms with Gasteiger partial charge in [-0.15, -0.1) is 0 Å². The lowest BCUT2D eigenvalue weighted by Gasteiger charge is -2.29. The molecule has 0 aliphatic carbocycles. The lowest BCUT2D eigenvalue weighted by atomic mass is 10.0. The Balaban J connectivity index is 1.85.